The first-order chi connectivity index (χ1) is 28.7. The summed E-state index contributed by atoms with van der Waals surface area (Å²) in [5, 5.41) is 6.47. The number of anilines is 3. The van der Waals surface area contributed by atoms with Crippen molar-refractivity contribution in [2.75, 3.05) is 4.90 Å². The van der Waals surface area contributed by atoms with Crippen molar-refractivity contribution in [3.05, 3.63) is 200 Å². The summed E-state index contributed by atoms with van der Waals surface area (Å²) < 4.78 is 19.7. The third-order valence-electron chi connectivity index (χ3n) is 11.5. The summed E-state index contributed by atoms with van der Waals surface area (Å²) in [5.41, 5.74) is 14.9. The first-order valence-electron chi connectivity index (χ1n) is 19.6. The first kappa shape index (κ1) is 32.4. The zero-order valence-electron chi connectivity index (χ0n) is 31.2. The van der Waals surface area contributed by atoms with Crippen LogP contribution in [0.2, 0.25) is 0 Å². The van der Waals surface area contributed by atoms with E-state index >= 15 is 0 Å². The molecule has 0 aliphatic rings. The van der Waals surface area contributed by atoms with Crippen LogP contribution in [0.1, 0.15) is 0 Å². The van der Waals surface area contributed by atoms with Crippen LogP contribution in [0.3, 0.4) is 0 Å². The highest BCUT2D eigenvalue weighted by atomic mass is 16.3. The van der Waals surface area contributed by atoms with Gasteiger partial charge in [-0.25, -0.2) is 0 Å². The predicted octanol–water partition coefficient (Wildman–Crippen LogP) is 15.9. The maximum atomic E-state index is 6.78. The quantitative estimate of drug-likeness (QED) is 0.170. The van der Waals surface area contributed by atoms with Crippen LogP contribution in [0.15, 0.2) is 213 Å². The lowest BCUT2D eigenvalue weighted by Gasteiger charge is -2.26. The number of rotatable bonds is 6. The van der Waals surface area contributed by atoms with Crippen molar-refractivity contribution in [1.82, 2.24) is 0 Å². The van der Waals surface area contributed by atoms with E-state index in [0.717, 1.165) is 105 Å². The third-order valence-corrected chi connectivity index (χ3v) is 11.5. The molecule has 0 N–H and O–H groups in total. The molecule has 12 aromatic rings. The molecule has 0 unspecified atom stereocenters. The number of fused-ring (bicyclic) bond motifs is 9. The Bertz CT molecular complexity index is 3500. The van der Waals surface area contributed by atoms with Gasteiger partial charge in [-0.1, -0.05) is 127 Å². The molecule has 4 nitrogen and oxygen atoms in total. The van der Waals surface area contributed by atoms with Gasteiger partial charge in [-0.15, -0.1) is 0 Å². The third kappa shape index (κ3) is 5.09. The standard InChI is InChI=1S/C54H33NO3/c1-3-12-34(13-4-1)35-24-28-39(29-25-35)55(38-14-5-2-6-15-38)46-20-11-23-50-53(46)52-42(17-10-22-49(52)57-50)43-18-9-19-44-45-32-36(27-31-48(45)58-54(43)44)37-26-30-41-40-16-7-8-21-47(40)56-51(41)33-37/h1-33H. The van der Waals surface area contributed by atoms with E-state index in [2.05, 4.69) is 193 Å². The Balaban J connectivity index is 1.02. The van der Waals surface area contributed by atoms with Crippen LogP contribution >= 0.6 is 0 Å². The molecule has 9 aromatic carbocycles. The highest BCUT2D eigenvalue weighted by Crippen LogP contribution is 2.47. The van der Waals surface area contributed by atoms with Crippen molar-refractivity contribution in [2.45, 2.75) is 0 Å². The van der Waals surface area contributed by atoms with E-state index in [9.17, 15) is 0 Å². The lowest BCUT2D eigenvalue weighted by atomic mass is 9.96. The molecule has 0 fully saturated rings. The van der Waals surface area contributed by atoms with Gasteiger partial charge in [-0.05, 0) is 101 Å². The van der Waals surface area contributed by atoms with E-state index in [1.165, 1.54) is 11.1 Å². The lowest BCUT2D eigenvalue weighted by molar-refractivity contribution is 0.668. The summed E-state index contributed by atoms with van der Waals surface area (Å²) in [6.45, 7) is 0. The average molecular weight is 744 g/mol. The van der Waals surface area contributed by atoms with E-state index in [4.69, 9.17) is 13.3 Å². The van der Waals surface area contributed by atoms with Crippen molar-refractivity contribution in [1.29, 1.82) is 0 Å². The molecule has 4 heteroatoms. The molecule has 0 saturated heterocycles. The molecule has 12 rings (SSSR count). The van der Waals surface area contributed by atoms with Gasteiger partial charge in [-0.2, -0.15) is 0 Å². The van der Waals surface area contributed by atoms with Crippen LogP contribution < -0.4 is 4.90 Å². The fourth-order valence-corrected chi connectivity index (χ4v) is 8.79. The van der Waals surface area contributed by atoms with E-state index in [1.807, 2.05) is 12.1 Å². The van der Waals surface area contributed by atoms with Gasteiger partial charge in [-0.3, -0.25) is 0 Å². The smallest absolute Gasteiger partial charge is 0.143 e. The fraction of sp³-hybridized carbons (Fsp3) is 0. The molecule has 0 bridgehead atoms. The fourth-order valence-electron chi connectivity index (χ4n) is 8.79. The van der Waals surface area contributed by atoms with Gasteiger partial charge in [0, 0.05) is 43.9 Å². The molecule has 3 heterocycles. The molecule has 0 spiro atoms. The number of hydrogen-bond acceptors (Lipinski definition) is 4. The molecule has 0 aliphatic carbocycles. The predicted molar refractivity (Wildman–Crippen MR) is 239 cm³/mol. The topological polar surface area (TPSA) is 42.7 Å². The van der Waals surface area contributed by atoms with Crippen molar-refractivity contribution in [2.24, 2.45) is 0 Å². The number of para-hydroxylation sites is 3. The molecular formula is C54H33NO3. The monoisotopic (exact) mass is 743 g/mol. The summed E-state index contributed by atoms with van der Waals surface area (Å²) in [6.07, 6.45) is 0. The maximum absolute atomic E-state index is 6.78. The van der Waals surface area contributed by atoms with Crippen LogP contribution in [0, 0.1) is 0 Å². The van der Waals surface area contributed by atoms with Crippen LogP contribution in [0.25, 0.3) is 99.2 Å². The summed E-state index contributed by atoms with van der Waals surface area (Å²) in [7, 11) is 0. The van der Waals surface area contributed by atoms with Crippen LogP contribution in [0.4, 0.5) is 17.1 Å². The van der Waals surface area contributed by atoms with Gasteiger partial charge in [0.25, 0.3) is 0 Å². The molecule has 0 radical (unpaired) electrons. The van der Waals surface area contributed by atoms with E-state index in [0.29, 0.717) is 0 Å². The average Bonchev–Trinajstić information content (AvgIpc) is 3.98. The Hall–Kier alpha value is -7.82. The lowest BCUT2D eigenvalue weighted by Crippen LogP contribution is -2.10. The van der Waals surface area contributed by atoms with Crippen molar-refractivity contribution < 1.29 is 13.3 Å². The molecule has 0 saturated carbocycles. The van der Waals surface area contributed by atoms with Crippen molar-refractivity contribution in [3.8, 4) is 33.4 Å². The normalized spacial score (nSPS) is 11.8. The maximum Gasteiger partial charge on any atom is 0.143 e. The summed E-state index contributed by atoms with van der Waals surface area (Å²) in [5.74, 6) is 0. The first-order valence-corrected chi connectivity index (χ1v) is 19.6. The second-order valence-electron chi connectivity index (χ2n) is 14.8. The van der Waals surface area contributed by atoms with Gasteiger partial charge in [0.15, 0.2) is 0 Å². The Morgan fingerprint density at radius 3 is 1.72 bits per heavy atom. The minimum atomic E-state index is 0.823. The van der Waals surface area contributed by atoms with E-state index in [1.54, 1.807) is 0 Å². The molecule has 0 aliphatic heterocycles. The highest BCUT2D eigenvalue weighted by Gasteiger charge is 2.23. The van der Waals surface area contributed by atoms with Gasteiger partial charge in [0.1, 0.15) is 33.5 Å². The molecule has 3 aromatic heterocycles. The van der Waals surface area contributed by atoms with E-state index in [-0.39, 0.29) is 0 Å². The zero-order chi connectivity index (χ0) is 38.2. The molecular weight excluding hydrogens is 711 g/mol. The second kappa shape index (κ2) is 12.9. The Kier molecular flexibility index (Phi) is 7.20. The Morgan fingerprint density at radius 1 is 0.293 bits per heavy atom. The Labute approximate surface area is 333 Å². The molecule has 272 valence electrons. The zero-order valence-corrected chi connectivity index (χ0v) is 31.2. The molecule has 0 atom stereocenters. The summed E-state index contributed by atoms with van der Waals surface area (Å²) >= 11 is 0. The van der Waals surface area contributed by atoms with Gasteiger partial charge < -0.3 is 18.2 Å². The number of benzene rings is 9. The van der Waals surface area contributed by atoms with Crippen LogP contribution in [-0.4, -0.2) is 0 Å². The van der Waals surface area contributed by atoms with Crippen LogP contribution in [-0.2, 0) is 0 Å². The summed E-state index contributed by atoms with van der Waals surface area (Å²) in [4.78, 5) is 2.33. The molecule has 58 heavy (non-hydrogen) atoms. The molecule has 0 amide bonds. The highest BCUT2D eigenvalue weighted by molar-refractivity contribution is 6.21. The SMILES string of the molecule is c1ccc(-c2ccc(N(c3ccccc3)c3cccc4oc5cccc(-c6cccc7c6oc6ccc(-c8ccc9c(c8)oc8ccccc89)cc67)c5c34)cc2)cc1. The van der Waals surface area contributed by atoms with Gasteiger partial charge in [0.2, 0.25) is 0 Å². The van der Waals surface area contributed by atoms with Crippen molar-refractivity contribution in [3.63, 3.8) is 0 Å². The number of hydrogen-bond donors (Lipinski definition) is 0. The number of nitrogens with zero attached hydrogens (tertiary/aromatic N) is 1. The summed E-state index contributed by atoms with van der Waals surface area (Å²) in [6, 6.07) is 70.1. The van der Waals surface area contributed by atoms with Crippen molar-refractivity contribution >= 4 is 82.9 Å². The Morgan fingerprint density at radius 2 is 0.862 bits per heavy atom. The van der Waals surface area contributed by atoms with Crippen LogP contribution in [0.5, 0.6) is 0 Å². The minimum absolute atomic E-state index is 0.823. The van der Waals surface area contributed by atoms with Gasteiger partial charge >= 0.3 is 0 Å². The van der Waals surface area contributed by atoms with E-state index < -0.39 is 0 Å². The van der Waals surface area contributed by atoms with Gasteiger partial charge in [0.05, 0.1) is 11.1 Å². The minimum Gasteiger partial charge on any atom is -0.456 e. The number of furan rings is 3. The largest absolute Gasteiger partial charge is 0.456 e. The second-order valence-corrected chi connectivity index (χ2v) is 14.8.